The molecule has 1 rings (SSSR count). The molecular weight excluding hydrogens is 208 g/mol. The molecule has 0 aromatic carbocycles. The summed E-state index contributed by atoms with van der Waals surface area (Å²) < 4.78 is 0. The lowest BCUT2D eigenvalue weighted by atomic mass is 9.80. The summed E-state index contributed by atoms with van der Waals surface area (Å²) in [5, 5.41) is 3.82. The average molecular weight is 240 g/mol. The van der Waals surface area contributed by atoms with Crippen LogP contribution >= 0.6 is 0 Å². The van der Waals surface area contributed by atoms with Crippen molar-refractivity contribution in [3.05, 3.63) is 0 Å². The van der Waals surface area contributed by atoms with Crippen molar-refractivity contribution in [3.8, 4) is 0 Å². The molecule has 102 valence electrons. The Morgan fingerprint density at radius 2 is 1.82 bits per heavy atom. The number of rotatable bonds is 5. The van der Waals surface area contributed by atoms with Gasteiger partial charge in [0.15, 0.2) is 0 Å². The largest absolute Gasteiger partial charge is 0.312 e. The number of hydrogen-bond donors (Lipinski definition) is 1. The van der Waals surface area contributed by atoms with Crippen molar-refractivity contribution >= 4 is 0 Å². The van der Waals surface area contributed by atoms with Gasteiger partial charge in [-0.25, -0.2) is 0 Å². The molecule has 1 aliphatic rings. The third-order valence-corrected chi connectivity index (χ3v) is 4.48. The molecule has 1 fully saturated rings. The van der Waals surface area contributed by atoms with Gasteiger partial charge >= 0.3 is 0 Å². The highest BCUT2D eigenvalue weighted by Gasteiger charge is 2.26. The number of likely N-dealkylation sites (N-methyl/N-ethyl adjacent to an activating group) is 1. The van der Waals surface area contributed by atoms with Crippen LogP contribution in [0.2, 0.25) is 0 Å². The number of nitrogens with one attached hydrogen (secondary N) is 1. The minimum Gasteiger partial charge on any atom is -0.312 e. The molecule has 4 unspecified atom stereocenters. The second kappa shape index (κ2) is 6.75. The van der Waals surface area contributed by atoms with Crippen LogP contribution in [-0.2, 0) is 0 Å². The lowest BCUT2D eigenvalue weighted by Crippen LogP contribution is -2.48. The number of hydrogen-bond acceptors (Lipinski definition) is 2. The Bertz CT molecular complexity index is 205. The van der Waals surface area contributed by atoms with E-state index < -0.39 is 0 Å². The molecule has 4 atom stereocenters. The first-order valence-electron chi connectivity index (χ1n) is 7.31. The normalized spacial score (nSPS) is 32.1. The molecule has 0 aromatic rings. The quantitative estimate of drug-likeness (QED) is 0.795. The lowest BCUT2D eigenvalue weighted by molar-refractivity contribution is 0.182. The van der Waals surface area contributed by atoms with E-state index in [0.29, 0.717) is 12.0 Å². The third-order valence-electron chi connectivity index (χ3n) is 4.48. The van der Waals surface area contributed by atoms with Crippen molar-refractivity contribution < 1.29 is 0 Å². The van der Waals surface area contributed by atoms with Gasteiger partial charge in [-0.2, -0.15) is 0 Å². The van der Waals surface area contributed by atoms with Gasteiger partial charge in [-0.05, 0) is 44.7 Å². The van der Waals surface area contributed by atoms with Crippen LogP contribution in [-0.4, -0.2) is 37.6 Å². The van der Waals surface area contributed by atoms with Crippen LogP contribution in [0.25, 0.3) is 0 Å². The first kappa shape index (κ1) is 15.0. The Balaban J connectivity index is 2.42. The first-order chi connectivity index (χ1) is 7.91. The van der Waals surface area contributed by atoms with Crippen LogP contribution in [0.3, 0.4) is 0 Å². The highest BCUT2D eigenvalue weighted by Crippen LogP contribution is 2.28. The summed E-state index contributed by atoms with van der Waals surface area (Å²) in [5.74, 6) is 2.47. The smallest absolute Gasteiger partial charge is 0.0237 e. The highest BCUT2D eigenvalue weighted by atomic mass is 15.1. The summed E-state index contributed by atoms with van der Waals surface area (Å²) in [6, 6.07) is 1.39. The van der Waals surface area contributed by atoms with Gasteiger partial charge < -0.3 is 10.2 Å². The van der Waals surface area contributed by atoms with E-state index in [1.165, 1.54) is 19.3 Å². The van der Waals surface area contributed by atoms with Gasteiger partial charge in [0.1, 0.15) is 0 Å². The van der Waals surface area contributed by atoms with Crippen molar-refractivity contribution in [1.29, 1.82) is 0 Å². The zero-order valence-corrected chi connectivity index (χ0v) is 12.7. The number of nitrogens with zero attached hydrogens (tertiary/aromatic N) is 1. The molecule has 2 heteroatoms. The van der Waals surface area contributed by atoms with E-state index in [1.54, 1.807) is 0 Å². The molecule has 0 aromatic heterocycles. The van der Waals surface area contributed by atoms with Gasteiger partial charge in [-0.3, -0.25) is 0 Å². The van der Waals surface area contributed by atoms with Crippen molar-refractivity contribution in [1.82, 2.24) is 10.2 Å². The standard InChI is InChI=1S/C15H32N2/c1-11(2)15(17(5)6)10-16-14-9-12(3)7-8-13(14)4/h11-16H,7-10H2,1-6H3. The molecule has 2 nitrogen and oxygen atoms in total. The SMILES string of the molecule is CC1CCC(C)C(NCC(C(C)C)N(C)C)C1. The third kappa shape index (κ3) is 4.59. The van der Waals surface area contributed by atoms with Crippen LogP contribution in [0, 0.1) is 17.8 Å². The van der Waals surface area contributed by atoms with Crippen LogP contribution in [0.5, 0.6) is 0 Å². The first-order valence-corrected chi connectivity index (χ1v) is 7.31. The molecule has 1 N–H and O–H groups in total. The summed E-state index contributed by atoms with van der Waals surface area (Å²) in [5.41, 5.74) is 0. The van der Waals surface area contributed by atoms with Gasteiger partial charge in [-0.15, -0.1) is 0 Å². The maximum atomic E-state index is 3.82. The van der Waals surface area contributed by atoms with Gasteiger partial charge in [0.25, 0.3) is 0 Å². The minimum absolute atomic E-state index is 0.652. The van der Waals surface area contributed by atoms with Crippen molar-refractivity contribution in [2.24, 2.45) is 17.8 Å². The topological polar surface area (TPSA) is 15.3 Å². The Morgan fingerprint density at radius 1 is 1.18 bits per heavy atom. The Kier molecular flexibility index (Phi) is 5.94. The predicted molar refractivity (Wildman–Crippen MR) is 76.3 cm³/mol. The summed E-state index contributed by atoms with van der Waals surface area (Å²) in [6.45, 7) is 10.6. The molecule has 0 radical (unpaired) electrons. The fourth-order valence-electron chi connectivity index (χ4n) is 3.10. The van der Waals surface area contributed by atoms with E-state index >= 15 is 0 Å². The fraction of sp³-hybridized carbons (Fsp3) is 1.00. The second-order valence-corrected chi connectivity index (χ2v) is 6.69. The molecule has 0 saturated heterocycles. The van der Waals surface area contributed by atoms with E-state index in [-0.39, 0.29) is 0 Å². The summed E-state index contributed by atoms with van der Waals surface area (Å²) in [7, 11) is 4.39. The Labute approximate surface area is 108 Å². The molecule has 17 heavy (non-hydrogen) atoms. The molecule has 0 bridgehead atoms. The van der Waals surface area contributed by atoms with E-state index in [9.17, 15) is 0 Å². The average Bonchev–Trinajstić information content (AvgIpc) is 2.22. The summed E-state index contributed by atoms with van der Waals surface area (Å²) in [4.78, 5) is 2.36. The highest BCUT2D eigenvalue weighted by molar-refractivity contribution is 4.83. The van der Waals surface area contributed by atoms with Gasteiger partial charge in [0, 0.05) is 18.6 Å². The van der Waals surface area contributed by atoms with E-state index in [1.807, 2.05) is 0 Å². The van der Waals surface area contributed by atoms with E-state index in [4.69, 9.17) is 0 Å². The second-order valence-electron chi connectivity index (χ2n) is 6.69. The molecule has 0 aliphatic heterocycles. The molecule has 0 spiro atoms. The predicted octanol–water partition coefficient (Wildman–Crippen LogP) is 2.99. The van der Waals surface area contributed by atoms with Crippen LogP contribution in [0.4, 0.5) is 0 Å². The molecule has 1 saturated carbocycles. The summed E-state index contributed by atoms with van der Waals surface area (Å²) >= 11 is 0. The monoisotopic (exact) mass is 240 g/mol. The van der Waals surface area contributed by atoms with Gasteiger partial charge in [0.05, 0.1) is 0 Å². The molecule has 1 aliphatic carbocycles. The lowest BCUT2D eigenvalue weighted by Gasteiger charge is -2.36. The maximum absolute atomic E-state index is 3.82. The van der Waals surface area contributed by atoms with Crippen molar-refractivity contribution in [2.75, 3.05) is 20.6 Å². The zero-order valence-electron chi connectivity index (χ0n) is 12.7. The van der Waals surface area contributed by atoms with Crippen LogP contribution in [0.15, 0.2) is 0 Å². The van der Waals surface area contributed by atoms with Crippen molar-refractivity contribution in [2.45, 2.75) is 59.0 Å². The van der Waals surface area contributed by atoms with Crippen LogP contribution < -0.4 is 5.32 Å². The van der Waals surface area contributed by atoms with Crippen LogP contribution in [0.1, 0.15) is 47.0 Å². The zero-order chi connectivity index (χ0) is 13.0. The van der Waals surface area contributed by atoms with E-state index in [2.05, 4.69) is 52.0 Å². The Morgan fingerprint density at radius 3 is 2.35 bits per heavy atom. The van der Waals surface area contributed by atoms with Gasteiger partial charge in [0.2, 0.25) is 0 Å². The maximum Gasteiger partial charge on any atom is 0.0237 e. The summed E-state index contributed by atoms with van der Waals surface area (Å²) in [6.07, 6.45) is 4.17. The van der Waals surface area contributed by atoms with Crippen molar-refractivity contribution in [3.63, 3.8) is 0 Å². The molecule has 0 amide bonds. The molecular formula is C15H32N2. The van der Waals surface area contributed by atoms with E-state index in [0.717, 1.165) is 24.4 Å². The molecule has 0 heterocycles. The van der Waals surface area contributed by atoms with Gasteiger partial charge in [-0.1, -0.05) is 34.1 Å². The minimum atomic E-state index is 0.652. The fourth-order valence-corrected chi connectivity index (χ4v) is 3.10. The Hall–Kier alpha value is -0.0800.